The predicted molar refractivity (Wildman–Crippen MR) is 476 cm³/mol. The highest BCUT2D eigenvalue weighted by Crippen LogP contribution is 2.27. The normalized spacial score (nSPS) is 30.7. The molecule has 6 rings (SSSR count). The Balaban J connectivity index is 1.63. The van der Waals surface area contributed by atoms with E-state index < -0.39 is 338 Å². The molecule has 0 saturated carbocycles. The zero-order valence-electron chi connectivity index (χ0n) is 74.5. The highest BCUT2D eigenvalue weighted by atomic mass is 32.2. The lowest BCUT2D eigenvalue weighted by Gasteiger charge is -2.32. The number of para-hydroxylation sites is 1. The lowest BCUT2D eigenvalue weighted by molar-refractivity contribution is -0.141. The van der Waals surface area contributed by atoms with Gasteiger partial charge in [-0.3, -0.25) is 95.3 Å². The molecule has 1 unspecified atom stereocenters. The Labute approximate surface area is 761 Å². The maximum absolute atomic E-state index is 15.9. The fourth-order valence-electron chi connectivity index (χ4n) is 13.9. The number of aliphatic hydroxyl groups is 1. The van der Waals surface area contributed by atoms with Crippen molar-refractivity contribution >= 4 is 175 Å². The minimum absolute atomic E-state index is 0.0959. The Kier molecular flexibility index (Phi) is 41.4. The van der Waals surface area contributed by atoms with Crippen LogP contribution in [0.5, 0.6) is 0 Å². The topological polar surface area (TPSA) is 678 Å². The SMILES string of the molecule is CC[C@H](C)[C@@H]1NC(=O)[C@H](C(C)C)NC(=O)[C@@H]2NC(=O)CNC(=O)[C@@H]3CS[C@@H](C)[C@@H](NC(=O)[C@@H]4CSC[C@@H](N)C(=O)N[C@@H]([C@H](C)O)C(=O)NCC(=O)N[C@@H](c5c[nH]c6ccccc56)C(=O)N[C@@H](C(C)C)C(=O)N4)C(=O)N[C@@H](CC(C)C)C(=O)N[C@@H](C(=O)N[C@@H]([C@@H](C)CC)C(=O)N[C@@H](CCC(=O)O)C(=O)N3)[C@H](C)SC[C@H](NC1=O)C(=O)N[C@@H](C)C(=O)N[C@H](C(=O)O)CS(=O)[C@H]2C. The van der Waals surface area contributed by atoms with Gasteiger partial charge in [-0.15, -0.1) is 0 Å². The fourth-order valence-corrected chi connectivity index (χ4v) is 18.5. The number of thioether (sulfide) groups is 3. The minimum Gasteiger partial charge on any atom is -0.481 e. The second-order valence-electron chi connectivity index (χ2n) is 33.6. The number of nitrogens with one attached hydrogen (secondary N) is 19. The van der Waals surface area contributed by atoms with Gasteiger partial charge in [-0.1, -0.05) is 114 Å². The third-order valence-electron chi connectivity index (χ3n) is 22.3. The number of amides is 18. The molecule has 2 aromatic rings. The number of aromatic amines is 1. The molecule has 4 aliphatic heterocycles. The van der Waals surface area contributed by atoms with Gasteiger partial charge in [-0.2, -0.15) is 35.3 Å². The average Bonchev–Trinajstić information content (AvgIpc) is 1.67. The first-order chi connectivity index (χ1) is 60.6. The fraction of sp³-hybridized carbons (Fsp3) is 0.654. The number of nitrogens with two attached hydrogens (primary N) is 1. The van der Waals surface area contributed by atoms with Crippen molar-refractivity contribution in [2.24, 2.45) is 35.3 Å². The van der Waals surface area contributed by atoms with E-state index >= 15 is 43.2 Å². The second kappa shape index (κ2) is 49.9. The van der Waals surface area contributed by atoms with E-state index in [9.17, 15) is 72.3 Å². The van der Waals surface area contributed by atoms with E-state index in [1.165, 1.54) is 61.6 Å². The molecule has 24 N–H and O–H groups in total. The van der Waals surface area contributed by atoms with Crippen LogP contribution < -0.4 is 101 Å². The van der Waals surface area contributed by atoms with Gasteiger partial charge in [0, 0.05) is 73.4 Å². The first kappa shape index (κ1) is 107. The number of hydrogen-bond donors (Lipinski definition) is 23. The number of aliphatic carboxylic acids is 2. The molecule has 716 valence electrons. The highest BCUT2D eigenvalue weighted by Gasteiger charge is 2.45. The molecule has 129 heavy (non-hydrogen) atoms. The zero-order valence-corrected chi connectivity index (χ0v) is 77.8. The van der Waals surface area contributed by atoms with Crippen LogP contribution in [0.25, 0.3) is 10.9 Å². The van der Waals surface area contributed by atoms with Gasteiger partial charge in [0.25, 0.3) is 0 Å². The first-order valence-corrected chi connectivity index (χ1v) is 47.2. The summed E-state index contributed by atoms with van der Waals surface area (Å²) in [5, 5.41) is 72.8. The van der Waals surface area contributed by atoms with Gasteiger partial charge in [0.2, 0.25) is 106 Å². The summed E-state index contributed by atoms with van der Waals surface area (Å²) in [4.78, 5) is 297. The Morgan fingerprint density at radius 2 is 1.00 bits per heavy atom. The summed E-state index contributed by atoms with van der Waals surface area (Å²) >= 11 is 2.12. The molecule has 1 aromatic carbocycles. The summed E-state index contributed by atoms with van der Waals surface area (Å²) in [7, 11) is -2.60. The Bertz CT molecular complexity index is 4480. The first-order valence-electron chi connectivity index (χ1n) is 42.6. The van der Waals surface area contributed by atoms with E-state index in [1.54, 1.807) is 58.9 Å². The van der Waals surface area contributed by atoms with Crippen molar-refractivity contribution in [2.75, 3.05) is 41.9 Å². The largest absolute Gasteiger partial charge is 0.481 e. The van der Waals surface area contributed by atoms with Gasteiger partial charge in [-0.05, 0) is 69.3 Å². The van der Waals surface area contributed by atoms with Crippen molar-refractivity contribution in [1.82, 2.24) is 101 Å². The number of carboxylic acid groups (broad SMARTS) is 2. The number of benzene rings is 1. The van der Waals surface area contributed by atoms with Crippen molar-refractivity contribution in [3.05, 3.63) is 36.0 Å². The van der Waals surface area contributed by atoms with Crippen LogP contribution in [0, 0.1) is 29.6 Å². The Morgan fingerprint density at radius 1 is 0.496 bits per heavy atom. The summed E-state index contributed by atoms with van der Waals surface area (Å²) in [6, 6.07) is -23.8. The monoisotopic (exact) mass is 1890 g/mol. The smallest absolute Gasteiger partial charge is 0.327 e. The van der Waals surface area contributed by atoms with Crippen LogP contribution in [-0.4, -0.2) is 303 Å². The average molecular weight is 1890 g/mol. The summed E-state index contributed by atoms with van der Waals surface area (Å²) in [5.74, 6) is -30.9. The van der Waals surface area contributed by atoms with E-state index in [0.29, 0.717) is 34.4 Å². The predicted octanol–water partition coefficient (Wildman–Crippen LogP) is -5.87. The van der Waals surface area contributed by atoms with Crippen molar-refractivity contribution in [2.45, 2.75) is 261 Å². The van der Waals surface area contributed by atoms with E-state index in [1.807, 2.05) is 0 Å². The summed E-state index contributed by atoms with van der Waals surface area (Å²) in [6.07, 6.45) is -1.76. The maximum Gasteiger partial charge on any atom is 0.327 e. The van der Waals surface area contributed by atoms with Gasteiger partial charge >= 0.3 is 11.9 Å². The van der Waals surface area contributed by atoms with E-state index in [0.717, 1.165) is 25.6 Å². The van der Waals surface area contributed by atoms with Crippen LogP contribution in [-0.2, 0) is 107 Å². The number of fused-ring (bicyclic) bond motifs is 19. The lowest BCUT2D eigenvalue weighted by atomic mass is 9.96. The quantitative estimate of drug-likeness (QED) is 0.0696. The summed E-state index contributed by atoms with van der Waals surface area (Å²) in [6.45, 7) is 19.9. The lowest BCUT2D eigenvalue weighted by Crippen LogP contribution is -2.63. The van der Waals surface area contributed by atoms with E-state index in [-0.39, 0.29) is 24.8 Å². The molecule has 0 radical (unpaired) electrons. The molecule has 0 aliphatic carbocycles. The van der Waals surface area contributed by atoms with Gasteiger partial charge in [0.05, 0.1) is 36.2 Å². The molecule has 24 atom stereocenters. The van der Waals surface area contributed by atoms with Crippen molar-refractivity contribution < 1.29 is 115 Å². The van der Waals surface area contributed by atoms with Crippen LogP contribution in [0.4, 0.5) is 0 Å². The standard InChI is InChI=1S/C81H124N20O24S4/c1-16-36(9)58-75(117)87-47(22-23-55(105)106)68(110)89-50-30-127-40(13)61(101-71(113)49-29-126-28-45(82)66(108)99-60(39(12)102)72(114)85-27-54(104)94-64(44-25-83-46-21-19-18-20-43(44)46)80(122)96-56(34(5)6)73(115)90-49)77(119)88-48(24-33(3)4)69(111)100-62(78(120)98-58)41(14)128-31-51-70(112)86-38(11)65(107)92-52(81(123)124)32-129(125)42(15)63(93-53(103)26-84-67(50)109)79(121)95-57(35(7)8)74(116)97-59(37(10)17-2)76(118)91-51/h18-21,25,33-42,45,47-52,56-64,83,102H,16-17,22-24,26-32,82H2,1-15H3,(H,84,109)(H,85,114)(H,86,112)(H,87,117)(H,88,119)(H,89,110)(H,90,115)(H,91,118)(H,92,107)(H,93,103)(H,94,104)(H,95,121)(H,96,122)(H,97,116)(H,98,120)(H,99,108)(H,100,111)(H,101,113)(H,105,106)(H,123,124)/t36-,37-,38-,39-,40-,41-,42-,45+,47-,48-,49-,50-,51-,52-,56-,57-,58-,59-,60-,61+,62+,63+,64-,129?/m0/s1. The van der Waals surface area contributed by atoms with Gasteiger partial charge in [0.1, 0.15) is 96.7 Å². The molecule has 5 heterocycles. The molecular weight excluding hydrogens is 1770 g/mol. The molecular formula is C81H124N20O24S4. The molecule has 4 saturated heterocycles. The molecule has 4 bridgehead atoms. The number of carbonyl (C=O) groups is 20. The minimum atomic E-state index is -2.60. The van der Waals surface area contributed by atoms with Crippen molar-refractivity contribution in [3.8, 4) is 0 Å². The van der Waals surface area contributed by atoms with Crippen LogP contribution in [0.3, 0.4) is 0 Å². The molecule has 0 spiro atoms. The number of carbonyl (C=O) groups excluding carboxylic acids is 18. The highest BCUT2D eigenvalue weighted by molar-refractivity contribution is 8.00. The summed E-state index contributed by atoms with van der Waals surface area (Å²) < 4.78 is 14.6. The Hall–Kier alpha value is -10.7. The van der Waals surface area contributed by atoms with E-state index in [4.69, 9.17) is 5.73 Å². The third kappa shape index (κ3) is 31.0. The number of hydrogen-bond acceptors (Lipinski definition) is 26. The number of H-pyrrole nitrogens is 1. The Morgan fingerprint density at radius 3 is 1.59 bits per heavy atom. The third-order valence-corrected chi connectivity index (χ3v) is 27.8. The molecule has 18 amide bonds. The molecule has 1 aromatic heterocycles. The van der Waals surface area contributed by atoms with Gasteiger partial charge in [-0.25, -0.2) is 4.79 Å². The summed E-state index contributed by atoms with van der Waals surface area (Å²) in [5.41, 5.74) is 7.10. The van der Waals surface area contributed by atoms with Crippen molar-refractivity contribution in [3.63, 3.8) is 0 Å². The maximum atomic E-state index is 15.9. The molecule has 4 fully saturated rings. The van der Waals surface area contributed by atoms with Crippen LogP contribution >= 0.6 is 35.3 Å². The van der Waals surface area contributed by atoms with Crippen molar-refractivity contribution in [1.29, 1.82) is 0 Å². The van der Waals surface area contributed by atoms with Crippen LogP contribution in [0.1, 0.15) is 148 Å². The molecule has 44 nitrogen and oxygen atoms in total. The number of rotatable bonds is 16. The van der Waals surface area contributed by atoms with Crippen LogP contribution in [0.2, 0.25) is 0 Å². The second-order valence-corrected chi connectivity index (χ2v) is 39.4. The zero-order chi connectivity index (χ0) is 96.4. The number of aromatic nitrogens is 1. The molecule has 48 heteroatoms. The van der Waals surface area contributed by atoms with Crippen LogP contribution in [0.15, 0.2) is 30.5 Å². The van der Waals surface area contributed by atoms with Gasteiger partial charge in [0.15, 0.2) is 0 Å². The molecule has 4 aliphatic rings. The number of aliphatic hydroxyl groups excluding tert-OH is 1. The van der Waals surface area contributed by atoms with E-state index in [2.05, 4.69) is 101 Å². The number of carboxylic acids is 2. The van der Waals surface area contributed by atoms with Gasteiger partial charge < -0.3 is 122 Å².